The van der Waals surface area contributed by atoms with E-state index in [0.29, 0.717) is 0 Å². The third-order valence-corrected chi connectivity index (χ3v) is 0. The second kappa shape index (κ2) is 1.08. The van der Waals surface area contributed by atoms with Gasteiger partial charge in [-0.05, 0) is 0 Å². The van der Waals surface area contributed by atoms with Gasteiger partial charge in [0.2, 0.25) is 0 Å². The Labute approximate surface area is 32.3 Å². The van der Waals surface area contributed by atoms with Crippen molar-refractivity contribution >= 4 is 8.56 Å². The minimum Gasteiger partial charge on any atom is -0.870 e. The Morgan fingerprint density at radius 1 is 1.20 bits per heavy atom. The molecule has 0 heterocycles. The summed E-state index contributed by atoms with van der Waals surface area (Å²) < 4.78 is 0. The van der Waals surface area contributed by atoms with Crippen LogP contribution in [0.15, 0.2) is 0 Å². The molecule has 0 saturated heterocycles. The molecule has 0 bridgehead atoms. The summed E-state index contributed by atoms with van der Waals surface area (Å²) in [4.78, 5) is 19.4. The molecule has 32 valence electrons. The van der Waals surface area contributed by atoms with Gasteiger partial charge in [-0.1, -0.05) is 0 Å². The molecule has 0 unspecified atom stereocenters. The fourth-order valence-electron chi connectivity index (χ4n) is 0. The van der Waals surface area contributed by atoms with Crippen molar-refractivity contribution in [2.24, 2.45) is 0 Å². The first-order valence-corrected chi connectivity index (χ1v) is 4.22. The fraction of sp³-hybridized carbons (Fsp3) is 1.00. The number of hydrogen-bond donors (Lipinski definition) is 0. The van der Waals surface area contributed by atoms with E-state index in [4.69, 9.17) is 0 Å². The van der Waals surface area contributed by atoms with Crippen molar-refractivity contribution in [3.05, 3.63) is 0 Å². The van der Waals surface area contributed by atoms with Gasteiger partial charge in [0.1, 0.15) is 0 Å². The molecule has 0 N–H and O–H groups in total. The van der Waals surface area contributed by atoms with Crippen LogP contribution in [0.1, 0.15) is 0 Å². The largest absolute Gasteiger partial charge is 0.870 e. The summed E-state index contributed by atoms with van der Waals surface area (Å²) in [5.41, 5.74) is 0. The van der Waals surface area contributed by atoms with E-state index in [1.54, 1.807) is 0 Å². The first-order valence-electron chi connectivity index (χ1n) is 1.41. The molecule has 0 fully saturated rings. The Bertz CT molecular complexity index is 23.1. The minimum atomic E-state index is -3.11. The summed E-state index contributed by atoms with van der Waals surface area (Å²) in [6.45, 7) is 2.43. The third kappa shape index (κ3) is 1010. The van der Waals surface area contributed by atoms with E-state index >= 15 is 0 Å². The highest BCUT2D eigenvalue weighted by Crippen LogP contribution is 1.68. The minimum absolute atomic E-state index is 1.22. The Morgan fingerprint density at radius 2 is 1.20 bits per heavy atom. The van der Waals surface area contributed by atoms with Crippen molar-refractivity contribution in [1.82, 2.24) is 0 Å². The van der Waals surface area contributed by atoms with Gasteiger partial charge in [0.25, 0.3) is 0 Å². The average molecular weight is 90.2 g/mol. The van der Waals surface area contributed by atoms with E-state index in [-0.39, 0.29) is 0 Å². The van der Waals surface area contributed by atoms with Gasteiger partial charge in [-0.3, -0.25) is 0 Å². The molecule has 0 radical (unpaired) electrons. The van der Waals surface area contributed by atoms with Crippen LogP contribution in [-0.2, 0) is 0 Å². The van der Waals surface area contributed by atoms with Crippen molar-refractivity contribution in [2.75, 3.05) is 0 Å². The molecule has 0 saturated carbocycles. The van der Waals surface area contributed by atoms with Crippen LogP contribution < -0.4 is 9.59 Å². The van der Waals surface area contributed by atoms with Gasteiger partial charge < -0.3 is 9.59 Å². The normalized spacial score (nSPS) is 12.0. The summed E-state index contributed by atoms with van der Waals surface area (Å²) >= 11 is 0. The van der Waals surface area contributed by atoms with Gasteiger partial charge in [-0.15, -0.1) is 13.1 Å². The van der Waals surface area contributed by atoms with Crippen LogP contribution in [0.4, 0.5) is 0 Å². The van der Waals surface area contributed by atoms with E-state index in [1.165, 1.54) is 13.1 Å². The second-order valence-electron chi connectivity index (χ2n) is 1.40. The summed E-state index contributed by atoms with van der Waals surface area (Å²) in [6.07, 6.45) is 0. The van der Waals surface area contributed by atoms with Crippen molar-refractivity contribution < 1.29 is 9.59 Å². The van der Waals surface area contributed by atoms with Crippen molar-refractivity contribution in [1.29, 1.82) is 0 Å². The molecule has 0 aliphatic carbocycles. The highest BCUT2D eigenvalue weighted by atomic mass is 28.4. The summed E-state index contributed by atoms with van der Waals surface area (Å²) in [7, 11) is -3.11. The van der Waals surface area contributed by atoms with Gasteiger partial charge >= 0.3 is 0 Å². The quantitative estimate of drug-likeness (QED) is 0.337. The highest BCUT2D eigenvalue weighted by molar-refractivity contribution is 6.57. The lowest BCUT2D eigenvalue weighted by molar-refractivity contribution is -0.365. The lowest BCUT2D eigenvalue weighted by atomic mass is 11.9. The predicted octanol–water partition coefficient (Wildman–Crippen LogP) is -1.59. The smallest absolute Gasteiger partial charge is 0.100 e. The highest BCUT2D eigenvalue weighted by Gasteiger charge is 1.72. The Balaban J connectivity index is 3.02. The zero-order valence-electron chi connectivity index (χ0n) is 3.32. The van der Waals surface area contributed by atoms with Crippen LogP contribution in [0.3, 0.4) is 0 Å². The van der Waals surface area contributed by atoms with Gasteiger partial charge in [0.05, 0.1) is 0 Å². The summed E-state index contributed by atoms with van der Waals surface area (Å²) in [6, 6.07) is 0. The molecule has 2 nitrogen and oxygen atoms in total. The topological polar surface area (TPSA) is 46.1 Å². The summed E-state index contributed by atoms with van der Waals surface area (Å²) in [5.74, 6) is 0. The molecule has 0 aromatic rings. The Kier molecular flexibility index (Phi) is 1.11. The molecule has 0 aromatic carbocycles. The van der Waals surface area contributed by atoms with E-state index < -0.39 is 8.56 Å². The van der Waals surface area contributed by atoms with E-state index in [2.05, 4.69) is 0 Å². The van der Waals surface area contributed by atoms with Gasteiger partial charge in [0.15, 0.2) is 0 Å². The maximum atomic E-state index is 9.69. The molecule has 5 heavy (non-hydrogen) atoms. The first kappa shape index (κ1) is 5.14. The van der Waals surface area contributed by atoms with E-state index in [1.807, 2.05) is 0 Å². The number of hydrogen-bond acceptors (Lipinski definition) is 2. The average Bonchev–Trinajstić information content (AvgIpc) is 0.722. The maximum Gasteiger partial charge on any atom is -0.100 e. The van der Waals surface area contributed by atoms with Crippen LogP contribution in [0, 0.1) is 0 Å². The summed E-state index contributed by atoms with van der Waals surface area (Å²) in [5, 5.41) is 0. The number of rotatable bonds is 0. The fourth-order valence-corrected chi connectivity index (χ4v) is 0. The van der Waals surface area contributed by atoms with E-state index in [0.717, 1.165) is 0 Å². The molecule has 0 aliphatic rings. The van der Waals surface area contributed by atoms with Crippen LogP contribution in [0.5, 0.6) is 0 Å². The van der Waals surface area contributed by atoms with Crippen LogP contribution >= 0.6 is 0 Å². The van der Waals surface area contributed by atoms with Crippen LogP contribution in [-0.4, -0.2) is 8.56 Å². The van der Waals surface area contributed by atoms with Gasteiger partial charge in [-0.25, -0.2) is 0 Å². The molecule has 0 aliphatic heterocycles. The van der Waals surface area contributed by atoms with Crippen LogP contribution in [0.2, 0.25) is 13.1 Å². The van der Waals surface area contributed by atoms with Gasteiger partial charge in [0, 0.05) is 0 Å². The Hall–Kier alpha value is 0.137. The van der Waals surface area contributed by atoms with Crippen LogP contribution in [0.25, 0.3) is 0 Å². The lowest BCUT2D eigenvalue weighted by Crippen LogP contribution is -2.56. The lowest BCUT2D eigenvalue weighted by Gasteiger charge is -2.37. The first-order chi connectivity index (χ1) is 2.00. The SMILES string of the molecule is C[Si](C)([O-])[O-]. The zero-order valence-corrected chi connectivity index (χ0v) is 4.32. The molecule has 3 heteroatoms. The molecular weight excluding hydrogens is 84.1 g/mol. The van der Waals surface area contributed by atoms with Crippen molar-refractivity contribution in [2.45, 2.75) is 13.1 Å². The standard InChI is InChI=1S/C2H6O2Si/c1-5(2,3)4/h1-2H3/q-2. The molecule has 0 aromatic heterocycles. The predicted molar refractivity (Wildman–Crippen MR) is 17.5 cm³/mol. The molecule has 0 amide bonds. The molecule has 0 atom stereocenters. The third-order valence-electron chi connectivity index (χ3n) is 0. The molecule has 0 rings (SSSR count). The van der Waals surface area contributed by atoms with Crippen molar-refractivity contribution in [3.8, 4) is 0 Å². The van der Waals surface area contributed by atoms with Crippen molar-refractivity contribution in [3.63, 3.8) is 0 Å². The molecular formula is C2H6O2Si-2. The molecule has 0 spiro atoms. The Morgan fingerprint density at radius 3 is 1.20 bits per heavy atom. The monoisotopic (exact) mass is 90.0 g/mol. The van der Waals surface area contributed by atoms with E-state index in [9.17, 15) is 9.59 Å². The second-order valence-corrected chi connectivity index (χ2v) is 4.20. The zero-order chi connectivity index (χ0) is 4.50. The maximum absolute atomic E-state index is 9.69. The van der Waals surface area contributed by atoms with Gasteiger partial charge in [-0.2, -0.15) is 8.56 Å².